The third kappa shape index (κ3) is 2.24. The van der Waals surface area contributed by atoms with E-state index in [4.69, 9.17) is 10.5 Å². The second kappa shape index (κ2) is 4.83. The molecule has 0 amide bonds. The van der Waals surface area contributed by atoms with E-state index >= 15 is 0 Å². The van der Waals surface area contributed by atoms with Crippen molar-refractivity contribution in [3.63, 3.8) is 0 Å². The molecule has 0 saturated carbocycles. The lowest BCUT2D eigenvalue weighted by atomic mass is 9.99. The van der Waals surface area contributed by atoms with Crippen molar-refractivity contribution in [1.29, 1.82) is 0 Å². The first kappa shape index (κ1) is 12.3. The van der Waals surface area contributed by atoms with Crippen molar-refractivity contribution in [3.8, 4) is 5.75 Å². The lowest BCUT2D eigenvalue weighted by molar-refractivity contribution is -0.142. The highest BCUT2D eigenvalue weighted by molar-refractivity contribution is 5.80. The Morgan fingerprint density at radius 2 is 2.06 bits per heavy atom. The fourth-order valence-electron chi connectivity index (χ4n) is 1.50. The maximum atomic E-state index is 13.2. The number of anilines is 1. The number of nitrogens with two attached hydrogens (primary N) is 1. The molecule has 0 fully saturated rings. The molecule has 0 spiro atoms. The molecule has 1 aromatic carbocycles. The molecular formula is C11H14FNO3. The van der Waals surface area contributed by atoms with Gasteiger partial charge in [0.2, 0.25) is 0 Å². The molecule has 0 aliphatic carbocycles. The van der Waals surface area contributed by atoms with Crippen molar-refractivity contribution in [2.24, 2.45) is 0 Å². The van der Waals surface area contributed by atoms with Crippen molar-refractivity contribution in [2.45, 2.75) is 12.8 Å². The normalized spacial score (nSPS) is 12.0. The van der Waals surface area contributed by atoms with Crippen LogP contribution in [0.1, 0.15) is 18.4 Å². The standard InChI is InChI=1S/C11H14FNO3/c1-6(11(14)16-3)8-4-7(12)5-9(13)10(8)15-2/h4-6H,13H2,1-3H3. The number of rotatable bonds is 3. The van der Waals surface area contributed by atoms with Gasteiger partial charge in [0, 0.05) is 11.6 Å². The van der Waals surface area contributed by atoms with Gasteiger partial charge in [0.1, 0.15) is 11.6 Å². The summed E-state index contributed by atoms with van der Waals surface area (Å²) in [6.07, 6.45) is 0. The van der Waals surface area contributed by atoms with Gasteiger partial charge in [-0.05, 0) is 13.0 Å². The molecule has 1 unspecified atom stereocenters. The van der Waals surface area contributed by atoms with Gasteiger partial charge >= 0.3 is 5.97 Å². The number of halogens is 1. The molecule has 0 aliphatic rings. The maximum Gasteiger partial charge on any atom is 0.312 e. The van der Waals surface area contributed by atoms with Crippen molar-refractivity contribution in [3.05, 3.63) is 23.5 Å². The molecule has 5 heteroatoms. The summed E-state index contributed by atoms with van der Waals surface area (Å²) in [5, 5.41) is 0. The van der Waals surface area contributed by atoms with Gasteiger partial charge in [-0.1, -0.05) is 0 Å². The number of methoxy groups -OCH3 is 2. The van der Waals surface area contributed by atoms with E-state index in [-0.39, 0.29) is 5.69 Å². The van der Waals surface area contributed by atoms with E-state index < -0.39 is 17.7 Å². The topological polar surface area (TPSA) is 61.5 Å². The van der Waals surface area contributed by atoms with Crippen molar-refractivity contribution >= 4 is 11.7 Å². The molecule has 0 heterocycles. The molecular weight excluding hydrogens is 213 g/mol. The highest BCUT2D eigenvalue weighted by Crippen LogP contribution is 2.33. The van der Waals surface area contributed by atoms with Crippen LogP contribution in [0.5, 0.6) is 5.75 Å². The SMILES string of the molecule is COC(=O)C(C)c1cc(F)cc(N)c1OC. The quantitative estimate of drug-likeness (QED) is 0.630. The molecule has 0 aliphatic heterocycles. The average molecular weight is 227 g/mol. The van der Waals surface area contributed by atoms with Gasteiger partial charge in [0.25, 0.3) is 0 Å². The predicted molar refractivity (Wildman–Crippen MR) is 57.8 cm³/mol. The van der Waals surface area contributed by atoms with Crippen LogP contribution in [-0.2, 0) is 9.53 Å². The molecule has 16 heavy (non-hydrogen) atoms. The van der Waals surface area contributed by atoms with Crippen molar-refractivity contribution < 1.29 is 18.7 Å². The summed E-state index contributed by atoms with van der Waals surface area (Å²) < 4.78 is 22.8. The average Bonchev–Trinajstić information content (AvgIpc) is 2.26. The molecule has 1 aromatic rings. The summed E-state index contributed by atoms with van der Waals surface area (Å²) in [7, 11) is 2.69. The van der Waals surface area contributed by atoms with Gasteiger partial charge < -0.3 is 15.2 Å². The van der Waals surface area contributed by atoms with Crippen LogP contribution < -0.4 is 10.5 Å². The van der Waals surface area contributed by atoms with Gasteiger partial charge in [0.05, 0.1) is 25.8 Å². The van der Waals surface area contributed by atoms with Crippen LogP contribution in [0, 0.1) is 5.82 Å². The van der Waals surface area contributed by atoms with Crippen molar-refractivity contribution in [1.82, 2.24) is 0 Å². The highest BCUT2D eigenvalue weighted by Gasteiger charge is 2.22. The molecule has 0 aromatic heterocycles. The molecule has 0 radical (unpaired) electrons. The summed E-state index contributed by atoms with van der Waals surface area (Å²) in [6, 6.07) is 2.36. The monoisotopic (exact) mass is 227 g/mol. The summed E-state index contributed by atoms with van der Waals surface area (Å²) in [5.41, 5.74) is 6.14. The van der Waals surface area contributed by atoms with Crippen LogP contribution in [0.2, 0.25) is 0 Å². The summed E-state index contributed by atoms with van der Waals surface area (Å²) in [6.45, 7) is 1.60. The minimum absolute atomic E-state index is 0.160. The number of benzene rings is 1. The summed E-state index contributed by atoms with van der Waals surface area (Å²) in [5.74, 6) is -1.30. The van der Waals surface area contributed by atoms with E-state index in [9.17, 15) is 9.18 Å². The summed E-state index contributed by atoms with van der Waals surface area (Å²) >= 11 is 0. The Balaban J connectivity index is 3.25. The van der Waals surface area contributed by atoms with Crippen LogP contribution in [0.3, 0.4) is 0 Å². The second-order valence-electron chi connectivity index (χ2n) is 3.36. The Morgan fingerprint density at radius 1 is 1.44 bits per heavy atom. The fourth-order valence-corrected chi connectivity index (χ4v) is 1.50. The molecule has 2 N–H and O–H groups in total. The lowest BCUT2D eigenvalue weighted by Crippen LogP contribution is -2.13. The van der Waals surface area contributed by atoms with E-state index in [0.717, 1.165) is 6.07 Å². The van der Waals surface area contributed by atoms with E-state index in [2.05, 4.69) is 4.74 Å². The Morgan fingerprint density at radius 3 is 2.56 bits per heavy atom. The van der Waals surface area contributed by atoms with E-state index in [0.29, 0.717) is 11.3 Å². The second-order valence-corrected chi connectivity index (χ2v) is 3.36. The van der Waals surface area contributed by atoms with E-state index in [1.165, 1.54) is 20.3 Å². The number of esters is 1. The first-order valence-electron chi connectivity index (χ1n) is 4.72. The molecule has 0 saturated heterocycles. The van der Waals surface area contributed by atoms with Gasteiger partial charge in [-0.3, -0.25) is 4.79 Å². The maximum absolute atomic E-state index is 13.2. The Kier molecular flexibility index (Phi) is 3.71. The number of nitrogen functional groups attached to an aromatic ring is 1. The summed E-state index contributed by atoms with van der Waals surface area (Å²) in [4.78, 5) is 11.4. The number of carbonyl (C=O) groups excluding carboxylic acids is 1. The Bertz CT molecular complexity index is 406. The van der Waals surface area contributed by atoms with Gasteiger partial charge in [-0.15, -0.1) is 0 Å². The molecule has 1 rings (SSSR count). The Labute approximate surface area is 93.2 Å². The van der Waals surface area contributed by atoms with Crippen LogP contribution in [0.4, 0.5) is 10.1 Å². The molecule has 88 valence electrons. The number of carbonyl (C=O) groups is 1. The van der Waals surface area contributed by atoms with Crippen LogP contribution >= 0.6 is 0 Å². The van der Waals surface area contributed by atoms with Crippen LogP contribution in [0.15, 0.2) is 12.1 Å². The molecule has 4 nitrogen and oxygen atoms in total. The smallest absolute Gasteiger partial charge is 0.312 e. The molecule has 0 bridgehead atoms. The molecule has 1 atom stereocenters. The van der Waals surface area contributed by atoms with Crippen molar-refractivity contribution in [2.75, 3.05) is 20.0 Å². The predicted octanol–water partition coefficient (Wildman–Crippen LogP) is 1.69. The van der Waals surface area contributed by atoms with Gasteiger partial charge in [-0.2, -0.15) is 0 Å². The largest absolute Gasteiger partial charge is 0.494 e. The number of hydrogen-bond donors (Lipinski definition) is 1. The number of hydrogen-bond acceptors (Lipinski definition) is 4. The van der Waals surface area contributed by atoms with Crippen LogP contribution in [-0.4, -0.2) is 20.2 Å². The lowest BCUT2D eigenvalue weighted by Gasteiger charge is -2.15. The van der Waals surface area contributed by atoms with E-state index in [1.807, 2.05) is 0 Å². The first-order chi connectivity index (χ1) is 7.51. The zero-order valence-corrected chi connectivity index (χ0v) is 9.41. The third-order valence-corrected chi connectivity index (χ3v) is 2.34. The third-order valence-electron chi connectivity index (χ3n) is 2.34. The van der Waals surface area contributed by atoms with E-state index in [1.54, 1.807) is 6.92 Å². The fraction of sp³-hybridized carbons (Fsp3) is 0.364. The Hall–Kier alpha value is -1.78. The minimum atomic E-state index is -0.627. The zero-order chi connectivity index (χ0) is 12.3. The zero-order valence-electron chi connectivity index (χ0n) is 9.41. The minimum Gasteiger partial charge on any atom is -0.494 e. The highest BCUT2D eigenvalue weighted by atomic mass is 19.1. The van der Waals surface area contributed by atoms with Gasteiger partial charge in [-0.25, -0.2) is 4.39 Å². The first-order valence-corrected chi connectivity index (χ1v) is 4.72. The van der Waals surface area contributed by atoms with Gasteiger partial charge in [0.15, 0.2) is 0 Å². The number of ether oxygens (including phenoxy) is 2. The van der Waals surface area contributed by atoms with Crippen LogP contribution in [0.25, 0.3) is 0 Å².